The number of morpholine rings is 2. The number of rotatable bonds is 22. The second kappa shape index (κ2) is 28.4. The fourth-order valence-corrected chi connectivity index (χ4v) is 10.4. The van der Waals surface area contributed by atoms with Gasteiger partial charge in [0.05, 0.1) is 61.4 Å². The van der Waals surface area contributed by atoms with Crippen molar-refractivity contribution in [1.82, 2.24) is 19.8 Å². The van der Waals surface area contributed by atoms with Crippen LogP contribution >= 0.6 is 0 Å². The van der Waals surface area contributed by atoms with Crippen molar-refractivity contribution in [1.29, 1.82) is 0 Å². The van der Waals surface area contributed by atoms with Gasteiger partial charge in [0.1, 0.15) is 78.4 Å². The van der Waals surface area contributed by atoms with E-state index in [0.29, 0.717) is 119 Å². The Kier molecular flexibility index (Phi) is 19.5. The highest BCUT2D eigenvalue weighted by Crippen LogP contribution is 2.50. The van der Waals surface area contributed by atoms with Gasteiger partial charge < -0.3 is 47.4 Å². The van der Waals surface area contributed by atoms with E-state index in [-0.39, 0.29) is 48.6 Å². The number of aromatic nitrogens is 2. The van der Waals surface area contributed by atoms with Gasteiger partial charge in [0.25, 0.3) is 0 Å². The number of pyridine rings is 2. The van der Waals surface area contributed by atoms with Gasteiger partial charge in [0.2, 0.25) is 11.5 Å². The number of ketones is 2. The molecule has 0 amide bonds. The molecule has 2 saturated heterocycles. The van der Waals surface area contributed by atoms with Crippen molar-refractivity contribution in [2.24, 2.45) is 0 Å². The molecule has 2 fully saturated rings. The molecule has 85 heavy (non-hydrogen) atoms. The molecule has 4 aliphatic rings. The summed E-state index contributed by atoms with van der Waals surface area (Å²) in [5, 5.41) is 1.39. The molecule has 6 heterocycles. The Morgan fingerprint density at radius 3 is 1.31 bits per heavy atom. The first-order valence-electron chi connectivity index (χ1n) is 28.7. The van der Waals surface area contributed by atoms with E-state index in [1.54, 1.807) is 60.9 Å². The number of fused-ring (bicyclic) bond motifs is 6. The molecular weight excluding hydrogens is 1100 g/mol. The third-order valence-corrected chi connectivity index (χ3v) is 14.7. The summed E-state index contributed by atoms with van der Waals surface area (Å²) in [5.41, 5.74) is 3.93. The molecule has 0 bridgehead atoms. The zero-order chi connectivity index (χ0) is 58.3. The number of ether oxygens (including phenoxy) is 10. The molecule has 6 aromatic carbocycles. The monoisotopic (exact) mass is 1160 g/mol. The van der Waals surface area contributed by atoms with Crippen LogP contribution in [0.5, 0.6) is 57.5 Å². The molecule has 0 atom stereocenters. The molecule has 0 saturated carbocycles. The minimum atomic E-state index is -0.722. The van der Waals surface area contributed by atoms with Crippen molar-refractivity contribution in [3.8, 4) is 57.5 Å². The lowest BCUT2D eigenvalue weighted by atomic mass is 10.0. The van der Waals surface area contributed by atoms with Crippen molar-refractivity contribution in [2.45, 2.75) is 38.5 Å². The third kappa shape index (κ3) is 15.5. The predicted octanol–water partition coefficient (Wildman–Crippen LogP) is 10.9. The first-order chi connectivity index (χ1) is 41.6. The number of nitrogens with zero attached hydrogens (tertiary/aromatic N) is 4. The van der Waals surface area contributed by atoms with Crippen molar-refractivity contribution in [3.05, 3.63) is 167 Å². The predicted molar refractivity (Wildman–Crippen MR) is 311 cm³/mol. The normalized spacial score (nSPS) is 15.0. The number of Topliss-reactive ketones (excluding diaryl/α,β-unsaturated/α-hetero) is 2. The van der Waals surface area contributed by atoms with Crippen LogP contribution in [0.15, 0.2) is 128 Å². The average molecular weight is 1160 g/mol. The van der Waals surface area contributed by atoms with Crippen molar-refractivity contribution >= 4 is 33.4 Å². The van der Waals surface area contributed by atoms with Gasteiger partial charge >= 0.3 is 0 Å². The van der Waals surface area contributed by atoms with Crippen LogP contribution in [0.3, 0.4) is 0 Å². The van der Waals surface area contributed by atoms with Crippen LogP contribution in [-0.2, 0) is 44.7 Å². The van der Waals surface area contributed by atoms with E-state index < -0.39 is 11.6 Å². The molecule has 0 N–H and O–H groups in total. The summed E-state index contributed by atoms with van der Waals surface area (Å²) in [7, 11) is 0. The van der Waals surface area contributed by atoms with E-state index in [1.807, 2.05) is 36.4 Å². The number of hydrogen-bond donors (Lipinski definition) is 0. The highest BCUT2D eigenvalue weighted by Gasteiger charge is 2.27. The molecule has 2 aromatic heterocycles. The summed E-state index contributed by atoms with van der Waals surface area (Å²) in [6, 6.07) is 31.1. The van der Waals surface area contributed by atoms with Gasteiger partial charge in [-0.25, -0.2) is 13.2 Å². The topological polar surface area (TPSA) is 159 Å². The maximum absolute atomic E-state index is 13.9. The Balaban J connectivity index is 0.000000177. The zero-order valence-electron chi connectivity index (χ0n) is 47.0. The van der Waals surface area contributed by atoms with Crippen LogP contribution in [0.25, 0.3) is 21.8 Å². The van der Waals surface area contributed by atoms with Gasteiger partial charge in [-0.15, -0.1) is 0 Å². The van der Waals surface area contributed by atoms with Crippen LogP contribution < -0.4 is 37.9 Å². The minimum absolute atomic E-state index is 0.0540. The van der Waals surface area contributed by atoms with E-state index in [9.17, 15) is 22.8 Å². The lowest BCUT2D eigenvalue weighted by molar-refractivity contribution is -0.118. The summed E-state index contributed by atoms with van der Waals surface area (Å²) in [5.74, 6) is 3.86. The summed E-state index contributed by atoms with van der Waals surface area (Å²) < 4.78 is 100. The summed E-state index contributed by atoms with van der Waals surface area (Å²) in [6.07, 6.45) is 5.66. The van der Waals surface area contributed by atoms with Crippen molar-refractivity contribution in [3.63, 3.8) is 0 Å². The molecular formula is C66H65F3N4O12. The first kappa shape index (κ1) is 58.3. The fraction of sp³-hybridized carbons (Fsp3) is 0.333. The highest BCUT2D eigenvalue weighted by atomic mass is 19.1. The fourth-order valence-electron chi connectivity index (χ4n) is 10.4. The van der Waals surface area contributed by atoms with Gasteiger partial charge in [0, 0.05) is 95.5 Å². The average Bonchev–Trinajstić information content (AvgIpc) is 3.24. The van der Waals surface area contributed by atoms with Crippen LogP contribution in [0, 0.1) is 17.5 Å². The standard InChI is InChI=1S/C33H32F2N2O6.C33H33FN2O6/c34-24-5-4-23(27(35)20-24)19-25(38)18-22-2-6-26(7-3-22)43-29-8-9-36-28-21-30(32-33(31(28)29)42-17-16-41-32)40-13-1-10-37-11-14-39-15-12-37;34-25-6-2-23(3-7-25)20-26(37)21-24-4-8-27(9-5-24)42-29-10-11-35-28-22-30(32-33(31(28)29)41-19-18-40-32)39-15-1-12-36-13-16-38-17-14-36/h2-9,20-21H,1,10-19H2;2-11,22H,1,12-21H2. The molecule has 4 aliphatic heterocycles. The van der Waals surface area contributed by atoms with Crippen LogP contribution in [0.4, 0.5) is 13.2 Å². The quantitative estimate of drug-likeness (QED) is 0.0590. The van der Waals surface area contributed by atoms with Gasteiger partial charge in [0.15, 0.2) is 23.0 Å². The molecule has 442 valence electrons. The second-order valence-corrected chi connectivity index (χ2v) is 20.8. The number of halogens is 3. The number of carbonyl (C=O) groups excluding carboxylic acids is 2. The minimum Gasteiger partial charge on any atom is -0.489 e. The smallest absolute Gasteiger partial charge is 0.204 e. The van der Waals surface area contributed by atoms with Gasteiger partial charge in [-0.1, -0.05) is 42.5 Å². The molecule has 8 aromatic rings. The van der Waals surface area contributed by atoms with E-state index in [4.69, 9.17) is 47.4 Å². The second-order valence-electron chi connectivity index (χ2n) is 20.8. The van der Waals surface area contributed by atoms with E-state index in [1.165, 1.54) is 18.2 Å². The highest BCUT2D eigenvalue weighted by molar-refractivity contribution is 5.96. The van der Waals surface area contributed by atoms with Gasteiger partial charge in [-0.2, -0.15) is 0 Å². The maximum Gasteiger partial charge on any atom is 0.204 e. The van der Waals surface area contributed by atoms with Crippen LogP contribution in [0.2, 0.25) is 0 Å². The van der Waals surface area contributed by atoms with Crippen LogP contribution in [0.1, 0.15) is 35.1 Å². The summed E-state index contributed by atoms with van der Waals surface area (Å²) in [4.78, 5) is 38.9. The Hall–Kier alpha value is -8.49. The molecule has 0 unspecified atom stereocenters. The SMILES string of the molecule is O=C(Cc1ccc(F)cc1)Cc1ccc(Oc2ccnc3cc(OCCCN4CCOCC4)c4c(c23)OCCO4)cc1.O=C(Cc1ccc(Oc2ccnc3cc(OCCCN4CCOCC4)c4c(c23)OCCO4)cc1)Cc1ccc(F)cc1F. The van der Waals surface area contributed by atoms with Gasteiger partial charge in [-0.05, 0) is 89.7 Å². The maximum atomic E-state index is 13.9. The first-order valence-corrected chi connectivity index (χ1v) is 28.7. The molecule has 16 nitrogen and oxygen atoms in total. The number of hydrogen-bond acceptors (Lipinski definition) is 16. The molecule has 0 radical (unpaired) electrons. The Morgan fingerprint density at radius 1 is 0.447 bits per heavy atom. The van der Waals surface area contributed by atoms with E-state index >= 15 is 0 Å². The summed E-state index contributed by atoms with van der Waals surface area (Å²) in [6.45, 7) is 11.5. The molecule has 0 aliphatic carbocycles. The van der Waals surface area contributed by atoms with Crippen molar-refractivity contribution in [2.75, 3.05) is 105 Å². The molecule has 0 spiro atoms. The third-order valence-electron chi connectivity index (χ3n) is 14.7. The van der Waals surface area contributed by atoms with Gasteiger partial charge in [-0.3, -0.25) is 29.4 Å². The van der Waals surface area contributed by atoms with Crippen LogP contribution in [-0.4, -0.2) is 137 Å². The van der Waals surface area contributed by atoms with Crippen molar-refractivity contribution < 1.29 is 70.1 Å². The largest absolute Gasteiger partial charge is 0.489 e. The summed E-state index contributed by atoms with van der Waals surface area (Å²) >= 11 is 0. The Morgan fingerprint density at radius 2 is 0.859 bits per heavy atom. The number of benzene rings is 6. The zero-order valence-corrected chi connectivity index (χ0v) is 47.0. The lowest BCUT2D eigenvalue weighted by Crippen LogP contribution is -2.37. The Labute approximate surface area is 490 Å². The lowest BCUT2D eigenvalue weighted by Gasteiger charge is -2.26. The molecule has 12 rings (SSSR count). The Bertz CT molecular complexity index is 3580. The molecule has 19 heteroatoms. The van der Waals surface area contributed by atoms with E-state index in [2.05, 4.69) is 19.8 Å². The van der Waals surface area contributed by atoms with E-state index in [0.717, 1.165) is 107 Å². The number of carbonyl (C=O) groups is 2.